The van der Waals surface area contributed by atoms with Crippen molar-refractivity contribution in [2.24, 2.45) is 16.5 Å². The summed E-state index contributed by atoms with van der Waals surface area (Å²) < 4.78 is 5.25. The summed E-state index contributed by atoms with van der Waals surface area (Å²) in [6, 6.07) is 7.24. The highest BCUT2D eigenvalue weighted by Gasteiger charge is 1.92. The molecule has 0 aliphatic heterocycles. The van der Waals surface area contributed by atoms with Crippen LogP contribution in [0, 0.1) is 0 Å². The van der Waals surface area contributed by atoms with Gasteiger partial charge in [-0.05, 0) is 31.2 Å². The van der Waals surface area contributed by atoms with Crippen LogP contribution in [0.3, 0.4) is 0 Å². The molecule has 0 aliphatic rings. The summed E-state index contributed by atoms with van der Waals surface area (Å²) in [5.41, 5.74) is 11.2. The predicted molar refractivity (Wildman–Crippen MR) is 63.7 cm³/mol. The molecule has 0 saturated heterocycles. The zero-order valence-electron chi connectivity index (χ0n) is 9.33. The fourth-order valence-electron chi connectivity index (χ4n) is 0.933. The molecule has 1 aromatic rings. The Kier molecular flexibility index (Phi) is 6.68. The van der Waals surface area contributed by atoms with E-state index >= 15 is 0 Å². The Balaban J connectivity index is 0.000000557. The minimum Gasteiger partial charge on any atom is -0.494 e. The van der Waals surface area contributed by atoms with Gasteiger partial charge in [-0.3, -0.25) is 0 Å². The van der Waals surface area contributed by atoms with E-state index in [0.717, 1.165) is 11.4 Å². The molecular weight excluding hydrogens is 226 g/mol. The highest BCUT2D eigenvalue weighted by molar-refractivity contribution is 5.78. The fourth-order valence-corrected chi connectivity index (χ4v) is 0.933. The van der Waals surface area contributed by atoms with Crippen molar-refractivity contribution < 1.29 is 19.7 Å². The molecular formula is C10H15N3O4. The van der Waals surface area contributed by atoms with Gasteiger partial charge in [-0.25, -0.2) is 9.79 Å². The maximum Gasteiger partial charge on any atom is 0.503 e. The topological polar surface area (TPSA) is 131 Å². The van der Waals surface area contributed by atoms with Crippen LogP contribution in [-0.4, -0.2) is 28.9 Å². The second-order valence-corrected chi connectivity index (χ2v) is 2.75. The van der Waals surface area contributed by atoms with Gasteiger partial charge in [-0.2, -0.15) is 0 Å². The Morgan fingerprint density at radius 3 is 2.12 bits per heavy atom. The summed E-state index contributed by atoms with van der Waals surface area (Å²) in [6.07, 6.45) is -1.83. The summed E-state index contributed by atoms with van der Waals surface area (Å²) in [6.45, 7) is 2.59. The van der Waals surface area contributed by atoms with Gasteiger partial charge in [0.15, 0.2) is 5.96 Å². The molecule has 0 bridgehead atoms. The van der Waals surface area contributed by atoms with Crippen LogP contribution in [0.1, 0.15) is 6.92 Å². The standard InChI is InChI=1S/C9H13N3O.CH2O3/c1-2-13-8-5-3-7(4-6-8)12-9(10)11;2-1(3)4/h3-6H,2H2,1H3,(H4,10,11,12);(H2,2,3,4). The Morgan fingerprint density at radius 1 is 1.29 bits per heavy atom. The van der Waals surface area contributed by atoms with Gasteiger partial charge in [0.05, 0.1) is 12.3 Å². The smallest absolute Gasteiger partial charge is 0.494 e. The minimum atomic E-state index is -1.83. The quantitative estimate of drug-likeness (QED) is 0.464. The monoisotopic (exact) mass is 241 g/mol. The van der Waals surface area contributed by atoms with Gasteiger partial charge in [-0.1, -0.05) is 0 Å². The van der Waals surface area contributed by atoms with E-state index in [0.29, 0.717) is 6.61 Å². The van der Waals surface area contributed by atoms with Crippen LogP contribution in [0.25, 0.3) is 0 Å². The van der Waals surface area contributed by atoms with E-state index in [1.807, 2.05) is 19.1 Å². The number of nitrogens with zero attached hydrogens (tertiary/aromatic N) is 1. The van der Waals surface area contributed by atoms with E-state index in [1.54, 1.807) is 12.1 Å². The molecule has 1 rings (SSSR count). The van der Waals surface area contributed by atoms with Gasteiger partial charge in [0.2, 0.25) is 0 Å². The number of ether oxygens (including phenoxy) is 1. The van der Waals surface area contributed by atoms with Gasteiger partial charge < -0.3 is 26.4 Å². The number of carboxylic acid groups (broad SMARTS) is 2. The minimum absolute atomic E-state index is 0.0594. The van der Waals surface area contributed by atoms with Crippen LogP contribution >= 0.6 is 0 Å². The molecule has 0 aromatic heterocycles. The van der Waals surface area contributed by atoms with E-state index in [4.69, 9.17) is 31.2 Å². The van der Waals surface area contributed by atoms with Crippen molar-refractivity contribution in [3.63, 3.8) is 0 Å². The maximum atomic E-state index is 8.56. The number of nitrogens with two attached hydrogens (primary N) is 2. The Bertz CT molecular complexity index is 368. The molecule has 7 heteroatoms. The van der Waals surface area contributed by atoms with Crippen LogP contribution in [-0.2, 0) is 0 Å². The molecule has 0 atom stereocenters. The zero-order valence-corrected chi connectivity index (χ0v) is 9.33. The lowest BCUT2D eigenvalue weighted by Crippen LogP contribution is -2.21. The molecule has 0 radical (unpaired) electrons. The Morgan fingerprint density at radius 2 is 1.76 bits per heavy atom. The van der Waals surface area contributed by atoms with Crippen molar-refractivity contribution in [1.82, 2.24) is 0 Å². The Hall–Kier alpha value is -2.44. The lowest BCUT2D eigenvalue weighted by Gasteiger charge is -2.01. The summed E-state index contributed by atoms with van der Waals surface area (Å²) in [5.74, 6) is 0.876. The largest absolute Gasteiger partial charge is 0.503 e. The number of rotatable bonds is 3. The third-order valence-electron chi connectivity index (χ3n) is 1.41. The lowest BCUT2D eigenvalue weighted by atomic mass is 10.3. The van der Waals surface area contributed by atoms with Gasteiger partial charge in [0, 0.05) is 0 Å². The van der Waals surface area contributed by atoms with Crippen molar-refractivity contribution in [2.45, 2.75) is 6.92 Å². The molecule has 0 heterocycles. The fraction of sp³-hybridized carbons (Fsp3) is 0.200. The molecule has 0 fully saturated rings. The predicted octanol–water partition coefficient (Wildman–Crippen LogP) is 1.21. The molecule has 0 spiro atoms. The first-order valence-corrected chi connectivity index (χ1v) is 4.70. The first-order chi connectivity index (χ1) is 7.95. The van der Waals surface area contributed by atoms with Gasteiger partial charge in [-0.15, -0.1) is 0 Å². The number of hydrogen-bond acceptors (Lipinski definition) is 3. The van der Waals surface area contributed by atoms with E-state index in [9.17, 15) is 0 Å². The molecule has 6 N–H and O–H groups in total. The number of carbonyl (C=O) groups is 1. The van der Waals surface area contributed by atoms with Crippen LogP contribution in [0.4, 0.5) is 10.5 Å². The van der Waals surface area contributed by atoms with E-state index in [1.165, 1.54) is 0 Å². The molecule has 0 amide bonds. The van der Waals surface area contributed by atoms with Crippen LogP contribution < -0.4 is 16.2 Å². The second kappa shape index (κ2) is 7.80. The van der Waals surface area contributed by atoms with Crippen LogP contribution in [0.5, 0.6) is 5.75 Å². The van der Waals surface area contributed by atoms with Crippen LogP contribution in [0.2, 0.25) is 0 Å². The van der Waals surface area contributed by atoms with Gasteiger partial charge in [0.1, 0.15) is 5.75 Å². The number of guanidine groups is 1. The van der Waals surface area contributed by atoms with Crippen molar-refractivity contribution in [3.8, 4) is 5.75 Å². The summed E-state index contributed by atoms with van der Waals surface area (Å²) >= 11 is 0. The van der Waals surface area contributed by atoms with E-state index < -0.39 is 6.16 Å². The average Bonchev–Trinajstić information content (AvgIpc) is 2.19. The lowest BCUT2D eigenvalue weighted by molar-refractivity contribution is 0.137. The normalized spacial score (nSPS) is 8.53. The summed E-state index contributed by atoms with van der Waals surface area (Å²) in [7, 11) is 0. The van der Waals surface area contributed by atoms with Crippen molar-refractivity contribution in [1.29, 1.82) is 0 Å². The average molecular weight is 241 g/mol. The second-order valence-electron chi connectivity index (χ2n) is 2.75. The molecule has 0 aliphatic carbocycles. The highest BCUT2D eigenvalue weighted by Crippen LogP contribution is 2.17. The van der Waals surface area contributed by atoms with Crippen LogP contribution in [0.15, 0.2) is 29.3 Å². The number of aliphatic imine (C=N–C) groups is 1. The molecule has 0 unspecified atom stereocenters. The molecule has 7 nitrogen and oxygen atoms in total. The molecule has 94 valence electrons. The van der Waals surface area contributed by atoms with Gasteiger partial charge >= 0.3 is 6.16 Å². The summed E-state index contributed by atoms with van der Waals surface area (Å²) in [4.78, 5) is 12.4. The SMILES string of the molecule is CCOc1ccc(N=C(N)N)cc1.O=C(O)O. The van der Waals surface area contributed by atoms with E-state index in [-0.39, 0.29) is 5.96 Å². The molecule has 0 saturated carbocycles. The number of hydrogen-bond donors (Lipinski definition) is 4. The van der Waals surface area contributed by atoms with E-state index in [2.05, 4.69) is 4.99 Å². The first-order valence-electron chi connectivity index (χ1n) is 4.70. The zero-order chi connectivity index (χ0) is 13.3. The Labute approximate surface area is 98.3 Å². The molecule has 1 aromatic carbocycles. The number of benzene rings is 1. The maximum absolute atomic E-state index is 8.56. The van der Waals surface area contributed by atoms with Crippen molar-refractivity contribution in [3.05, 3.63) is 24.3 Å². The highest BCUT2D eigenvalue weighted by atomic mass is 16.6. The summed E-state index contributed by atoms with van der Waals surface area (Å²) in [5, 5.41) is 13.9. The van der Waals surface area contributed by atoms with Crippen molar-refractivity contribution >= 4 is 17.8 Å². The third-order valence-corrected chi connectivity index (χ3v) is 1.41. The first kappa shape index (κ1) is 14.6. The van der Waals surface area contributed by atoms with Crippen molar-refractivity contribution in [2.75, 3.05) is 6.61 Å². The third kappa shape index (κ3) is 8.55. The molecule has 17 heavy (non-hydrogen) atoms. The van der Waals surface area contributed by atoms with Gasteiger partial charge in [0.25, 0.3) is 0 Å².